The van der Waals surface area contributed by atoms with Gasteiger partial charge in [0.1, 0.15) is 0 Å². The second-order valence-electron chi connectivity index (χ2n) is 2.23. The Labute approximate surface area is 78.8 Å². The Balaban J connectivity index is 3.39. The lowest BCUT2D eigenvalue weighted by Gasteiger charge is -2.02. The van der Waals surface area contributed by atoms with E-state index in [-0.39, 0.29) is 15.7 Å². The van der Waals surface area contributed by atoms with Crippen molar-refractivity contribution in [3.05, 3.63) is 0 Å². The minimum atomic E-state index is -0.338. The van der Waals surface area contributed by atoms with Gasteiger partial charge in [-0.15, -0.1) is 0 Å². The van der Waals surface area contributed by atoms with Gasteiger partial charge in [-0.1, -0.05) is 22.6 Å². The van der Waals surface area contributed by atoms with Crippen LogP contribution in [0, 0.1) is 0 Å². The summed E-state index contributed by atoms with van der Waals surface area (Å²) in [5, 5.41) is 0. The van der Waals surface area contributed by atoms with Crippen molar-refractivity contribution in [1.82, 2.24) is 0 Å². The van der Waals surface area contributed by atoms with Crippen LogP contribution in [0.5, 0.6) is 0 Å². The van der Waals surface area contributed by atoms with E-state index in [2.05, 4.69) is 0 Å². The first kappa shape index (κ1) is 10.7. The molecule has 1 unspecified atom stereocenters. The molecule has 0 aliphatic rings. The molecule has 0 bridgehead atoms. The summed E-state index contributed by atoms with van der Waals surface area (Å²) < 4.78 is -0.188. The maximum absolute atomic E-state index is 10.5. The highest BCUT2D eigenvalue weighted by molar-refractivity contribution is 14.1. The fourth-order valence-corrected chi connectivity index (χ4v) is 1.04. The summed E-state index contributed by atoms with van der Waals surface area (Å²) in [6.07, 6.45) is 1.58. The maximum atomic E-state index is 10.5. The number of hydrogen-bond acceptors (Lipinski definition) is 2. The van der Waals surface area contributed by atoms with Gasteiger partial charge in [0, 0.05) is 6.42 Å². The van der Waals surface area contributed by atoms with E-state index in [4.69, 9.17) is 11.5 Å². The summed E-state index contributed by atoms with van der Waals surface area (Å²) in [5.41, 5.74) is 9.89. The number of carbonyl (C=O) groups is 2. The Hall–Kier alpha value is -0.330. The SMILES string of the molecule is NC(=O)CCCC(I)C(N)=O. The first-order valence-electron chi connectivity index (χ1n) is 3.25. The van der Waals surface area contributed by atoms with Crippen LogP contribution in [-0.4, -0.2) is 15.7 Å². The second-order valence-corrected chi connectivity index (χ2v) is 3.73. The first-order chi connectivity index (χ1) is 5.04. The highest BCUT2D eigenvalue weighted by Gasteiger charge is 2.09. The number of alkyl halides is 1. The molecule has 64 valence electrons. The highest BCUT2D eigenvalue weighted by atomic mass is 127. The molecule has 0 aromatic heterocycles. The third kappa shape index (κ3) is 6.08. The lowest BCUT2D eigenvalue weighted by Crippen LogP contribution is -2.23. The maximum Gasteiger partial charge on any atom is 0.230 e. The molecule has 0 saturated heterocycles. The number of primary amides is 2. The summed E-state index contributed by atoms with van der Waals surface area (Å²) in [4.78, 5) is 20.7. The van der Waals surface area contributed by atoms with Crippen molar-refractivity contribution < 1.29 is 9.59 Å². The zero-order valence-corrected chi connectivity index (χ0v) is 8.21. The van der Waals surface area contributed by atoms with E-state index in [0.29, 0.717) is 19.3 Å². The monoisotopic (exact) mass is 270 g/mol. The van der Waals surface area contributed by atoms with Crippen LogP contribution in [0.2, 0.25) is 0 Å². The standard InChI is InChI=1S/C6H11IN2O2/c7-4(6(9)11)2-1-3-5(8)10/h4H,1-3H2,(H2,8,10)(H2,9,11). The predicted octanol–water partition coefficient (Wildman–Crippen LogP) is -0.0691. The van der Waals surface area contributed by atoms with Crippen molar-refractivity contribution >= 4 is 34.4 Å². The van der Waals surface area contributed by atoms with Crippen LogP contribution in [0.1, 0.15) is 19.3 Å². The van der Waals surface area contributed by atoms with Gasteiger partial charge in [-0.05, 0) is 12.8 Å². The Bertz CT molecular complexity index is 161. The van der Waals surface area contributed by atoms with Gasteiger partial charge in [0.15, 0.2) is 0 Å². The van der Waals surface area contributed by atoms with Gasteiger partial charge in [-0.2, -0.15) is 0 Å². The van der Waals surface area contributed by atoms with Crippen LogP contribution in [0.25, 0.3) is 0 Å². The lowest BCUT2D eigenvalue weighted by atomic mass is 10.2. The van der Waals surface area contributed by atoms with Crippen molar-refractivity contribution in [2.75, 3.05) is 0 Å². The lowest BCUT2D eigenvalue weighted by molar-refractivity contribution is -0.119. The van der Waals surface area contributed by atoms with E-state index in [0.717, 1.165) is 0 Å². The van der Waals surface area contributed by atoms with E-state index in [1.807, 2.05) is 22.6 Å². The van der Waals surface area contributed by atoms with Gasteiger partial charge in [0.2, 0.25) is 11.8 Å². The molecule has 0 fully saturated rings. The molecule has 0 heterocycles. The molecule has 0 aliphatic heterocycles. The molecule has 0 aliphatic carbocycles. The quantitative estimate of drug-likeness (QED) is 0.541. The molecule has 0 spiro atoms. The van der Waals surface area contributed by atoms with Crippen molar-refractivity contribution in [1.29, 1.82) is 0 Å². The fraction of sp³-hybridized carbons (Fsp3) is 0.667. The van der Waals surface area contributed by atoms with Crippen LogP contribution in [-0.2, 0) is 9.59 Å². The summed E-state index contributed by atoms with van der Waals surface area (Å²) >= 11 is 1.95. The minimum absolute atomic E-state index is 0.188. The predicted molar refractivity (Wildman–Crippen MR) is 50.0 cm³/mol. The van der Waals surface area contributed by atoms with Gasteiger partial charge in [-0.25, -0.2) is 0 Å². The van der Waals surface area contributed by atoms with E-state index < -0.39 is 0 Å². The van der Waals surface area contributed by atoms with Crippen LogP contribution in [0.4, 0.5) is 0 Å². The van der Waals surface area contributed by atoms with Gasteiger partial charge < -0.3 is 11.5 Å². The van der Waals surface area contributed by atoms with E-state index >= 15 is 0 Å². The van der Waals surface area contributed by atoms with Crippen LogP contribution < -0.4 is 11.5 Å². The summed E-state index contributed by atoms with van der Waals surface area (Å²) in [5.74, 6) is -0.673. The molecule has 0 aromatic rings. The van der Waals surface area contributed by atoms with Crippen molar-refractivity contribution in [2.24, 2.45) is 11.5 Å². The molecule has 4 N–H and O–H groups in total. The normalized spacial score (nSPS) is 12.5. The molecule has 11 heavy (non-hydrogen) atoms. The third-order valence-corrected chi connectivity index (χ3v) is 2.43. The molecule has 5 heteroatoms. The largest absolute Gasteiger partial charge is 0.370 e. The number of carbonyl (C=O) groups excluding carboxylic acids is 2. The van der Waals surface area contributed by atoms with Crippen molar-refractivity contribution in [2.45, 2.75) is 23.2 Å². The van der Waals surface area contributed by atoms with Crippen molar-refractivity contribution in [3.8, 4) is 0 Å². The fourth-order valence-electron chi connectivity index (χ4n) is 0.598. The van der Waals surface area contributed by atoms with Gasteiger partial charge >= 0.3 is 0 Å². The van der Waals surface area contributed by atoms with Crippen LogP contribution in [0.3, 0.4) is 0 Å². The topological polar surface area (TPSA) is 86.2 Å². The van der Waals surface area contributed by atoms with E-state index in [1.165, 1.54) is 0 Å². The van der Waals surface area contributed by atoms with Gasteiger partial charge in [0.25, 0.3) is 0 Å². The summed E-state index contributed by atoms with van der Waals surface area (Å²) in [7, 11) is 0. The Morgan fingerprint density at radius 1 is 1.36 bits per heavy atom. The number of amides is 2. The molecule has 0 aromatic carbocycles. The highest BCUT2D eigenvalue weighted by Crippen LogP contribution is 2.09. The average Bonchev–Trinajstić information content (AvgIpc) is 1.86. The summed E-state index contributed by atoms with van der Waals surface area (Å²) in [6.45, 7) is 0. The Morgan fingerprint density at radius 2 is 1.91 bits per heavy atom. The average molecular weight is 270 g/mol. The van der Waals surface area contributed by atoms with E-state index in [1.54, 1.807) is 0 Å². The number of halogens is 1. The summed E-state index contributed by atoms with van der Waals surface area (Å²) in [6, 6.07) is 0. The molecule has 0 radical (unpaired) electrons. The molecule has 4 nitrogen and oxygen atoms in total. The Kier molecular flexibility index (Phi) is 5.18. The minimum Gasteiger partial charge on any atom is -0.370 e. The number of nitrogens with two attached hydrogens (primary N) is 2. The molecule has 1 atom stereocenters. The zero-order valence-electron chi connectivity index (χ0n) is 6.05. The molecule has 2 amide bonds. The Morgan fingerprint density at radius 3 is 2.27 bits per heavy atom. The molecule has 0 saturated carbocycles. The molecular weight excluding hydrogens is 259 g/mol. The van der Waals surface area contributed by atoms with Crippen LogP contribution in [0.15, 0.2) is 0 Å². The van der Waals surface area contributed by atoms with Crippen LogP contribution >= 0.6 is 22.6 Å². The number of hydrogen-bond donors (Lipinski definition) is 2. The molecular formula is C6H11IN2O2. The number of rotatable bonds is 5. The van der Waals surface area contributed by atoms with Gasteiger partial charge in [-0.3, -0.25) is 9.59 Å². The van der Waals surface area contributed by atoms with Gasteiger partial charge in [0.05, 0.1) is 3.92 Å². The smallest absolute Gasteiger partial charge is 0.230 e. The van der Waals surface area contributed by atoms with E-state index in [9.17, 15) is 9.59 Å². The third-order valence-electron chi connectivity index (χ3n) is 1.19. The first-order valence-corrected chi connectivity index (χ1v) is 4.50. The second kappa shape index (κ2) is 5.34. The van der Waals surface area contributed by atoms with Crippen molar-refractivity contribution in [3.63, 3.8) is 0 Å². The zero-order chi connectivity index (χ0) is 8.85. The molecule has 0 rings (SSSR count).